The predicted molar refractivity (Wildman–Crippen MR) is 79.6 cm³/mol. The van der Waals surface area contributed by atoms with Crippen LogP contribution in [0.2, 0.25) is 0 Å². The van der Waals surface area contributed by atoms with Crippen LogP contribution in [-0.4, -0.2) is 19.5 Å². The van der Waals surface area contributed by atoms with E-state index in [0.717, 1.165) is 21.4 Å². The van der Waals surface area contributed by atoms with Gasteiger partial charge in [-0.1, -0.05) is 0 Å². The highest BCUT2D eigenvalue weighted by Crippen LogP contribution is 2.28. The Labute approximate surface area is 116 Å². The minimum absolute atomic E-state index is 0.0123. The lowest BCUT2D eigenvalue weighted by molar-refractivity contribution is -0.128. The Hall–Kier alpha value is -1.23. The molecule has 0 saturated carbocycles. The maximum absolute atomic E-state index is 11.7. The fraction of sp³-hybridized carbons (Fsp3) is 0.462. The molecule has 4 N–H and O–H groups in total. The van der Waals surface area contributed by atoms with Crippen LogP contribution in [0, 0.1) is 12.3 Å². The molecule has 0 aromatic heterocycles. The summed E-state index contributed by atoms with van der Waals surface area (Å²) in [5.41, 5.74) is 8.05. The van der Waals surface area contributed by atoms with Gasteiger partial charge in [0, 0.05) is 29.4 Å². The normalized spacial score (nSPS) is 11.2. The zero-order valence-corrected chi connectivity index (χ0v) is 12.8. The average Bonchev–Trinajstić information content (AvgIpc) is 2.31. The van der Waals surface area contributed by atoms with Gasteiger partial charge in [-0.15, -0.1) is 0 Å². The van der Waals surface area contributed by atoms with Crippen molar-refractivity contribution in [2.75, 3.05) is 24.6 Å². The molecule has 0 bridgehead atoms. The van der Waals surface area contributed by atoms with Crippen LogP contribution in [0.5, 0.6) is 0 Å². The lowest BCUT2D eigenvalue weighted by Crippen LogP contribution is -2.39. The molecular formula is C13H20BrN3O. The zero-order chi connectivity index (χ0) is 13.9. The summed E-state index contributed by atoms with van der Waals surface area (Å²) in [5.74, 6) is 0.0123. The Morgan fingerprint density at radius 1 is 1.44 bits per heavy atom. The number of rotatable bonds is 4. The number of carbonyl (C=O) groups is 1. The second-order valence-electron chi connectivity index (χ2n) is 5.01. The van der Waals surface area contributed by atoms with E-state index in [2.05, 4.69) is 26.6 Å². The van der Waals surface area contributed by atoms with Gasteiger partial charge in [-0.3, -0.25) is 4.79 Å². The summed E-state index contributed by atoms with van der Waals surface area (Å²) in [6.07, 6.45) is 0. The van der Waals surface area contributed by atoms with Crippen molar-refractivity contribution in [3.8, 4) is 0 Å². The highest BCUT2D eigenvalue weighted by molar-refractivity contribution is 9.10. The fourth-order valence-electron chi connectivity index (χ4n) is 1.57. The maximum Gasteiger partial charge on any atom is 0.227 e. The van der Waals surface area contributed by atoms with E-state index in [1.165, 1.54) is 0 Å². The van der Waals surface area contributed by atoms with Crippen molar-refractivity contribution < 1.29 is 4.79 Å². The van der Waals surface area contributed by atoms with Crippen LogP contribution in [-0.2, 0) is 4.79 Å². The first-order valence-corrected chi connectivity index (χ1v) is 6.59. The quantitative estimate of drug-likeness (QED) is 0.748. The summed E-state index contributed by atoms with van der Waals surface area (Å²) in [6.45, 7) is 6.30. The first-order chi connectivity index (χ1) is 8.27. The first kappa shape index (κ1) is 14.8. The van der Waals surface area contributed by atoms with Gasteiger partial charge in [0.1, 0.15) is 0 Å². The highest BCUT2D eigenvalue weighted by atomic mass is 79.9. The standard InChI is InChI=1S/C13H20BrN3O/c1-8-5-11(9(14)6-10(8)15)17-7-13(2,3)12(18)16-4/h5-6,17H,7,15H2,1-4H3,(H,16,18). The molecule has 0 unspecified atom stereocenters. The van der Waals surface area contributed by atoms with E-state index < -0.39 is 5.41 Å². The second-order valence-corrected chi connectivity index (χ2v) is 5.86. The van der Waals surface area contributed by atoms with Crippen LogP contribution in [0.15, 0.2) is 16.6 Å². The Balaban J connectivity index is 2.81. The summed E-state index contributed by atoms with van der Waals surface area (Å²) in [7, 11) is 1.65. The van der Waals surface area contributed by atoms with Crippen LogP contribution in [0.3, 0.4) is 0 Å². The van der Waals surface area contributed by atoms with E-state index in [4.69, 9.17) is 5.73 Å². The lowest BCUT2D eigenvalue weighted by atomic mass is 9.92. The first-order valence-electron chi connectivity index (χ1n) is 5.79. The minimum Gasteiger partial charge on any atom is -0.398 e. The predicted octanol–water partition coefficient (Wildman–Crippen LogP) is 2.52. The summed E-state index contributed by atoms with van der Waals surface area (Å²) in [6, 6.07) is 3.84. The SMILES string of the molecule is CNC(=O)C(C)(C)CNc1cc(C)c(N)cc1Br. The number of hydrogen-bond acceptors (Lipinski definition) is 3. The Morgan fingerprint density at radius 2 is 2.06 bits per heavy atom. The monoisotopic (exact) mass is 313 g/mol. The molecule has 1 aromatic carbocycles. The number of nitrogen functional groups attached to an aromatic ring is 1. The number of hydrogen-bond donors (Lipinski definition) is 3. The van der Waals surface area contributed by atoms with Crippen LogP contribution >= 0.6 is 15.9 Å². The van der Waals surface area contributed by atoms with E-state index in [0.29, 0.717) is 6.54 Å². The molecule has 18 heavy (non-hydrogen) atoms. The van der Waals surface area contributed by atoms with Gasteiger partial charge < -0.3 is 16.4 Å². The third-order valence-corrected chi connectivity index (χ3v) is 3.57. The summed E-state index contributed by atoms with van der Waals surface area (Å²) in [4.78, 5) is 11.7. The minimum atomic E-state index is -0.469. The fourth-order valence-corrected chi connectivity index (χ4v) is 2.07. The van der Waals surface area contributed by atoms with Crippen molar-refractivity contribution >= 4 is 33.2 Å². The largest absolute Gasteiger partial charge is 0.398 e. The van der Waals surface area contributed by atoms with E-state index >= 15 is 0 Å². The van der Waals surface area contributed by atoms with Crippen molar-refractivity contribution in [2.45, 2.75) is 20.8 Å². The van der Waals surface area contributed by atoms with Gasteiger partial charge in [-0.2, -0.15) is 0 Å². The maximum atomic E-state index is 11.7. The van der Waals surface area contributed by atoms with Crippen LogP contribution in [0.1, 0.15) is 19.4 Å². The molecule has 0 aliphatic carbocycles. The van der Waals surface area contributed by atoms with Crippen LogP contribution in [0.4, 0.5) is 11.4 Å². The molecule has 0 fully saturated rings. The molecule has 0 aliphatic heterocycles. The molecule has 0 aliphatic rings. The summed E-state index contributed by atoms with van der Waals surface area (Å²) >= 11 is 3.46. The molecule has 1 rings (SSSR count). The van der Waals surface area contributed by atoms with E-state index in [1.807, 2.05) is 32.9 Å². The topological polar surface area (TPSA) is 67.2 Å². The molecule has 1 amide bonds. The number of aryl methyl sites for hydroxylation is 1. The van der Waals surface area contributed by atoms with Crippen molar-refractivity contribution in [1.29, 1.82) is 0 Å². The molecule has 100 valence electrons. The van der Waals surface area contributed by atoms with Gasteiger partial charge in [0.2, 0.25) is 5.91 Å². The van der Waals surface area contributed by atoms with Crippen LogP contribution < -0.4 is 16.4 Å². The number of anilines is 2. The van der Waals surface area contributed by atoms with Crippen LogP contribution in [0.25, 0.3) is 0 Å². The van der Waals surface area contributed by atoms with Gasteiger partial charge in [-0.25, -0.2) is 0 Å². The number of carbonyl (C=O) groups excluding carboxylic acids is 1. The van der Waals surface area contributed by atoms with Gasteiger partial charge in [0.05, 0.1) is 5.41 Å². The van der Waals surface area contributed by atoms with Gasteiger partial charge in [-0.05, 0) is 54.4 Å². The van der Waals surface area contributed by atoms with Crippen molar-refractivity contribution in [2.24, 2.45) is 5.41 Å². The molecule has 5 heteroatoms. The number of nitrogens with two attached hydrogens (primary N) is 1. The Kier molecular flexibility index (Phi) is 4.62. The number of amides is 1. The number of nitrogens with one attached hydrogen (secondary N) is 2. The van der Waals surface area contributed by atoms with E-state index in [1.54, 1.807) is 7.05 Å². The third-order valence-electron chi connectivity index (χ3n) is 2.92. The molecule has 0 heterocycles. The van der Waals surface area contributed by atoms with Crippen molar-refractivity contribution in [3.63, 3.8) is 0 Å². The van der Waals surface area contributed by atoms with Crippen molar-refractivity contribution in [1.82, 2.24) is 5.32 Å². The second kappa shape index (κ2) is 5.61. The molecule has 4 nitrogen and oxygen atoms in total. The molecular weight excluding hydrogens is 294 g/mol. The van der Waals surface area contributed by atoms with Gasteiger partial charge in [0.15, 0.2) is 0 Å². The van der Waals surface area contributed by atoms with Gasteiger partial charge >= 0.3 is 0 Å². The molecule has 1 aromatic rings. The number of benzene rings is 1. The van der Waals surface area contributed by atoms with E-state index in [9.17, 15) is 4.79 Å². The average molecular weight is 314 g/mol. The zero-order valence-electron chi connectivity index (χ0n) is 11.2. The Morgan fingerprint density at radius 3 is 2.61 bits per heavy atom. The van der Waals surface area contributed by atoms with E-state index in [-0.39, 0.29) is 5.91 Å². The summed E-state index contributed by atoms with van der Waals surface area (Å²) in [5, 5.41) is 5.94. The lowest BCUT2D eigenvalue weighted by Gasteiger charge is -2.24. The summed E-state index contributed by atoms with van der Waals surface area (Å²) < 4.78 is 0.901. The molecule has 0 radical (unpaired) electrons. The van der Waals surface area contributed by atoms with Crippen molar-refractivity contribution in [3.05, 3.63) is 22.2 Å². The highest BCUT2D eigenvalue weighted by Gasteiger charge is 2.26. The molecule has 0 spiro atoms. The molecule has 0 saturated heterocycles. The Bertz CT molecular complexity index is 458. The van der Waals surface area contributed by atoms with Gasteiger partial charge in [0.25, 0.3) is 0 Å². The third kappa shape index (κ3) is 3.38. The molecule has 0 atom stereocenters. The number of halogens is 1. The smallest absolute Gasteiger partial charge is 0.227 e.